The van der Waals surface area contributed by atoms with Crippen molar-refractivity contribution >= 4 is 11.8 Å². The van der Waals surface area contributed by atoms with Crippen LogP contribution in [0.3, 0.4) is 0 Å². The molecule has 0 spiro atoms. The van der Waals surface area contributed by atoms with Gasteiger partial charge in [-0.25, -0.2) is 4.79 Å². The lowest BCUT2D eigenvalue weighted by molar-refractivity contribution is 0.0108. The van der Waals surface area contributed by atoms with Crippen LogP contribution < -0.4 is 5.32 Å². The molecule has 1 aliphatic heterocycles. The summed E-state index contributed by atoms with van der Waals surface area (Å²) < 4.78 is 12.1. The number of aromatic nitrogens is 2. The predicted molar refractivity (Wildman–Crippen MR) is 95.7 cm³/mol. The summed E-state index contributed by atoms with van der Waals surface area (Å²) >= 11 is 0. The molecule has 26 heavy (non-hydrogen) atoms. The van der Waals surface area contributed by atoms with Gasteiger partial charge in [-0.1, -0.05) is 30.3 Å². The topological polar surface area (TPSA) is 88.9 Å². The van der Waals surface area contributed by atoms with Gasteiger partial charge >= 0.3 is 6.09 Å². The third-order valence-electron chi connectivity index (χ3n) is 4.06. The minimum Gasteiger partial charge on any atom is -0.444 e. The molecule has 1 amide bonds. The van der Waals surface area contributed by atoms with Crippen LogP contribution in [0.4, 0.5) is 10.5 Å². The van der Waals surface area contributed by atoms with Gasteiger partial charge < -0.3 is 14.6 Å². The number of nitrogens with zero attached hydrogens (tertiary/aromatic N) is 3. The number of morpholine rings is 1. The number of benzene rings is 1. The van der Waals surface area contributed by atoms with E-state index in [0.29, 0.717) is 32.0 Å². The number of amides is 1. The molecular formula is C18H24N4O4. The third-order valence-corrected chi connectivity index (χ3v) is 4.06. The highest BCUT2D eigenvalue weighted by molar-refractivity contribution is 5.84. The highest BCUT2D eigenvalue weighted by Gasteiger charge is 2.16. The van der Waals surface area contributed by atoms with Crippen LogP contribution in [0.5, 0.6) is 0 Å². The average molecular weight is 360 g/mol. The second-order valence-electron chi connectivity index (χ2n) is 6.20. The molecule has 1 fully saturated rings. The van der Waals surface area contributed by atoms with Crippen LogP contribution in [0.15, 0.2) is 42.7 Å². The molecule has 8 nitrogen and oxygen atoms in total. The van der Waals surface area contributed by atoms with E-state index in [1.807, 2.05) is 30.3 Å². The Labute approximate surface area is 152 Å². The monoisotopic (exact) mass is 360 g/mol. The highest BCUT2D eigenvalue weighted by atomic mass is 16.5. The van der Waals surface area contributed by atoms with Crippen molar-refractivity contribution in [2.75, 3.05) is 38.2 Å². The zero-order valence-electron chi connectivity index (χ0n) is 14.6. The quantitative estimate of drug-likeness (QED) is 0.774. The van der Waals surface area contributed by atoms with Gasteiger partial charge in [0.15, 0.2) is 0 Å². The number of ether oxygens (including phenoxy) is 2. The Morgan fingerprint density at radius 3 is 2.81 bits per heavy atom. The molecule has 0 saturated carbocycles. The fourth-order valence-electron chi connectivity index (χ4n) is 2.76. The van der Waals surface area contributed by atoms with Gasteiger partial charge in [0.05, 0.1) is 37.7 Å². The van der Waals surface area contributed by atoms with E-state index < -0.39 is 12.2 Å². The summed E-state index contributed by atoms with van der Waals surface area (Å²) in [5.74, 6) is 0. The molecule has 1 unspecified atom stereocenters. The maximum atomic E-state index is 11.8. The number of aliphatic hydroxyl groups excluding tert-OH is 1. The predicted octanol–water partition coefficient (Wildman–Crippen LogP) is 1.32. The summed E-state index contributed by atoms with van der Waals surface area (Å²) in [6.45, 7) is 4.20. The Hall–Kier alpha value is -2.42. The van der Waals surface area contributed by atoms with Crippen molar-refractivity contribution < 1.29 is 19.4 Å². The summed E-state index contributed by atoms with van der Waals surface area (Å²) in [5, 5.41) is 17.0. The van der Waals surface area contributed by atoms with Crippen LogP contribution in [0.2, 0.25) is 0 Å². The van der Waals surface area contributed by atoms with Gasteiger partial charge in [-0.15, -0.1) is 0 Å². The Bertz CT molecular complexity index is 686. The van der Waals surface area contributed by atoms with Crippen molar-refractivity contribution in [1.29, 1.82) is 0 Å². The van der Waals surface area contributed by atoms with Crippen LogP contribution in [0.25, 0.3) is 0 Å². The zero-order chi connectivity index (χ0) is 18.2. The molecule has 8 heteroatoms. The molecule has 3 rings (SSSR count). The number of β-amino-alcohol motifs (C(OH)–C–C–N with tert-alkyl or cyclic N) is 1. The molecule has 1 aliphatic rings. The molecule has 1 atom stereocenters. The number of nitrogens with one attached hydrogen (secondary N) is 1. The standard InChI is InChI=1S/C18H24N4O4/c23-17(12-21-6-8-25-9-7-21)13-22-11-16(10-19-22)20-18(24)26-14-15-4-2-1-3-5-15/h1-5,10-11,17,23H,6-9,12-14H2,(H,20,24). The van der Waals surface area contributed by atoms with Gasteiger partial charge in [0.1, 0.15) is 6.61 Å². The van der Waals surface area contributed by atoms with E-state index in [9.17, 15) is 9.90 Å². The second-order valence-corrected chi connectivity index (χ2v) is 6.20. The van der Waals surface area contributed by atoms with Crippen molar-refractivity contribution in [2.45, 2.75) is 19.3 Å². The molecule has 140 valence electrons. The number of carbonyl (C=O) groups excluding carboxylic acids is 1. The normalized spacial score (nSPS) is 16.2. The van der Waals surface area contributed by atoms with Crippen LogP contribution in [0, 0.1) is 0 Å². The number of carbonyl (C=O) groups is 1. The molecular weight excluding hydrogens is 336 g/mol. The van der Waals surface area contributed by atoms with E-state index in [1.54, 1.807) is 10.9 Å². The lowest BCUT2D eigenvalue weighted by Crippen LogP contribution is -2.42. The van der Waals surface area contributed by atoms with Crippen molar-refractivity contribution in [3.8, 4) is 0 Å². The largest absolute Gasteiger partial charge is 0.444 e. The molecule has 0 bridgehead atoms. The van der Waals surface area contributed by atoms with E-state index in [2.05, 4.69) is 15.3 Å². The minimum atomic E-state index is -0.540. The lowest BCUT2D eigenvalue weighted by atomic mass is 10.2. The summed E-state index contributed by atoms with van der Waals surface area (Å²) in [7, 11) is 0. The van der Waals surface area contributed by atoms with Crippen LogP contribution in [-0.2, 0) is 22.6 Å². The fraction of sp³-hybridized carbons (Fsp3) is 0.444. The number of hydrogen-bond acceptors (Lipinski definition) is 6. The van der Waals surface area contributed by atoms with Crippen LogP contribution in [-0.4, -0.2) is 64.8 Å². The van der Waals surface area contributed by atoms with E-state index in [4.69, 9.17) is 9.47 Å². The van der Waals surface area contributed by atoms with E-state index in [-0.39, 0.29) is 6.61 Å². The lowest BCUT2D eigenvalue weighted by Gasteiger charge is -2.28. The molecule has 2 aromatic rings. The fourth-order valence-corrected chi connectivity index (χ4v) is 2.76. The average Bonchev–Trinajstić information content (AvgIpc) is 3.08. The Morgan fingerprint density at radius 2 is 2.04 bits per heavy atom. The molecule has 0 radical (unpaired) electrons. The second kappa shape index (κ2) is 9.33. The van der Waals surface area contributed by atoms with Crippen LogP contribution in [0.1, 0.15) is 5.56 Å². The van der Waals surface area contributed by atoms with Gasteiger partial charge in [-0.3, -0.25) is 14.9 Å². The van der Waals surface area contributed by atoms with Crippen molar-refractivity contribution in [3.05, 3.63) is 48.3 Å². The zero-order valence-corrected chi connectivity index (χ0v) is 14.6. The summed E-state index contributed by atoms with van der Waals surface area (Å²) in [6.07, 6.45) is 2.13. The van der Waals surface area contributed by atoms with E-state index in [0.717, 1.165) is 18.7 Å². The summed E-state index contributed by atoms with van der Waals surface area (Å²) in [4.78, 5) is 14.0. The first-order valence-corrected chi connectivity index (χ1v) is 8.67. The molecule has 2 N–H and O–H groups in total. The van der Waals surface area contributed by atoms with Crippen molar-refractivity contribution in [2.24, 2.45) is 0 Å². The van der Waals surface area contributed by atoms with Gasteiger partial charge in [0, 0.05) is 25.8 Å². The Kier molecular flexibility index (Phi) is 6.59. The van der Waals surface area contributed by atoms with Gasteiger partial charge in [0.2, 0.25) is 0 Å². The molecule has 1 saturated heterocycles. The number of aliphatic hydroxyl groups is 1. The van der Waals surface area contributed by atoms with E-state index >= 15 is 0 Å². The first-order chi connectivity index (χ1) is 12.7. The van der Waals surface area contributed by atoms with Crippen molar-refractivity contribution in [1.82, 2.24) is 14.7 Å². The number of anilines is 1. The molecule has 1 aromatic carbocycles. The first kappa shape index (κ1) is 18.4. The molecule has 0 aliphatic carbocycles. The maximum absolute atomic E-state index is 11.8. The third kappa shape index (κ3) is 5.83. The smallest absolute Gasteiger partial charge is 0.412 e. The van der Waals surface area contributed by atoms with Gasteiger partial charge in [-0.05, 0) is 5.56 Å². The summed E-state index contributed by atoms with van der Waals surface area (Å²) in [6, 6.07) is 9.47. The number of hydrogen-bond donors (Lipinski definition) is 2. The summed E-state index contributed by atoms with van der Waals surface area (Å²) in [5.41, 5.74) is 1.45. The first-order valence-electron chi connectivity index (χ1n) is 8.67. The Balaban J connectivity index is 1.41. The Morgan fingerprint density at radius 1 is 1.27 bits per heavy atom. The van der Waals surface area contributed by atoms with Gasteiger partial charge in [-0.2, -0.15) is 5.10 Å². The van der Waals surface area contributed by atoms with Gasteiger partial charge in [0.25, 0.3) is 0 Å². The molecule has 1 aromatic heterocycles. The minimum absolute atomic E-state index is 0.207. The molecule has 2 heterocycles. The maximum Gasteiger partial charge on any atom is 0.412 e. The SMILES string of the molecule is O=C(Nc1cnn(CC(O)CN2CCOCC2)c1)OCc1ccccc1. The number of rotatable bonds is 7. The van der Waals surface area contributed by atoms with Crippen LogP contribution >= 0.6 is 0 Å². The van der Waals surface area contributed by atoms with E-state index in [1.165, 1.54) is 6.20 Å². The highest BCUT2D eigenvalue weighted by Crippen LogP contribution is 2.08. The van der Waals surface area contributed by atoms with Crippen molar-refractivity contribution in [3.63, 3.8) is 0 Å².